The number of ether oxygens (including phenoxy) is 1. The molecule has 5 aliphatic rings. The van der Waals surface area contributed by atoms with Crippen LogP contribution in [0.1, 0.15) is 79.6 Å². The molecule has 0 bridgehead atoms. The second kappa shape index (κ2) is 5.88. The third-order valence-corrected chi connectivity index (χ3v) is 10.9. The van der Waals surface area contributed by atoms with Crippen LogP contribution in [0.25, 0.3) is 0 Å². The maximum absolute atomic E-state index is 12.3. The molecule has 3 saturated carbocycles. The van der Waals surface area contributed by atoms with Crippen molar-refractivity contribution in [3.63, 3.8) is 0 Å². The first-order valence-corrected chi connectivity index (χ1v) is 11.7. The molecule has 0 radical (unpaired) electrons. The Labute approximate surface area is 175 Å². The van der Waals surface area contributed by atoms with E-state index >= 15 is 0 Å². The number of aliphatic hydroxyl groups excluding tert-OH is 2. The highest BCUT2D eigenvalue weighted by Gasteiger charge is 2.70. The lowest BCUT2D eigenvalue weighted by atomic mass is 9.34. The van der Waals surface area contributed by atoms with Crippen LogP contribution in [0.4, 0.5) is 0 Å². The van der Waals surface area contributed by atoms with Gasteiger partial charge in [-0.3, -0.25) is 0 Å². The van der Waals surface area contributed by atoms with Gasteiger partial charge < -0.3 is 14.9 Å². The fraction of sp³-hybridized carbons (Fsp3) is 0.880. The molecular weight excluding hydrogens is 364 g/mol. The molecule has 0 spiro atoms. The topological polar surface area (TPSA) is 66.8 Å². The molecule has 1 saturated heterocycles. The van der Waals surface area contributed by atoms with E-state index in [9.17, 15) is 15.0 Å². The third kappa shape index (κ3) is 2.31. The lowest BCUT2D eigenvalue weighted by Gasteiger charge is -2.70. The van der Waals surface area contributed by atoms with Crippen LogP contribution in [0, 0.1) is 45.3 Å². The predicted molar refractivity (Wildman–Crippen MR) is 111 cm³/mol. The summed E-state index contributed by atoms with van der Waals surface area (Å²) in [4.78, 5) is 12.3. The van der Waals surface area contributed by atoms with Gasteiger partial charge in [0.25, 0.3) is 0 Å². The van der Waals surface area contributed by atoms with Crippen molar-refractivity contribution in [3.8, 4) is 0 Å². The van der Waals surface area contributed by atoms with Crippen LogP contribution < -0.4 is 0 Å². The number of fused-ring (bicyclic) bond motifs is 7. The first kappa shape index (κ1) is 20.1. The predicted octanol–water partition coefficient (Wildman–Crippen LogP) is 4.44. The van der Waals surface area contributed by atoms with Gasteiger partial charge in [-0.1, -0.05) is 47.1 Å². The number of aliphatic hydroxyl groups is 2. The van der Waals surface area contributed by atoms with E-state index in [2.05, 4.69) is 34.6 Å². The molecule has 0 aromatic rings. The van der Waals surface area contributed by atoms with Crippen molar-refractivity contribution in [1.82, 2.24) is 0 Å². The van der Waals surface area contributed by atoms with Gasteiger partial charge in [0.05, 0.1) is 12.0 Å². The number of carbonyl (C=O) groups excluding carboxylic acids is 1. The first-order chi connectivity index (χ1) is 13.5. The number of rotatable bonds is 0. The molecule has 4 aliphatic carbocycles. The molecule has 4 nitrogen and oxygen atoms in total. The van der Waals surface area contributed by atoms with E-state index in [0.717, 1.165) is 12.8 Å². The van der Waals surface area contributed by atoms with Gasteiger partial charge >= 0.3 is 5.97 Å². The van der Waals surface area contributed by atoms with Crippen LogP contribution in [0.15, 0.2) is 11.6 Å². The fourth-order valence-corrected chi connectivity index (χ4v) is 9.63. The maximum Gasteiger partial charge on any atom is 0.336 e. The SMILES string of the molecule is CC1(C)CCC[C@@]2(C)C1CC[C@]1(C)C2C[C@@H](O)[C@@]2(C)C1CC=C1C(=O)OC(O)[C@@H]12. The highest BCUT2D eigenvalue weighted by Crippen LogP contribution is 2.73. The van der Waals surface area contributed by atoms with E-state index in [0.29, 0.717) is 22.8 Å². The summed E-state index contributed by atoms with van der Waals surface area (Å²) in [6, 6.07) is 0. The summed E-state index contributed by atoms with van der Waals surface area (Å²) in [5.41, 5.74) is 0.799. The highest BCUT2D eigenvalue weighted by atomic mass is 16.6. The Morgan fingerprint density at radius 1 is 0.966 bits per heavy atom. The summed E-state index contributed by atoms with van der Waals surface area (Å²) in [5, 5.41) is 22.2. The Morgan fingerprint density at radius 3 is 2.38 bits per heavy atom. The number of esters is 1. The van der Waals surface area contributed by atoms with Gasteiger partial charge in [0.15, 0.2) is 0 Å². The van der Waals surface area contributed by atoms with E-state index < -0.39 is 29.7 Å². The monoisotopic (exact) mass is 402 g/mol. The first-order valence-electron chi connectivity index (χ1n) is 11.7. The molecule has 4 fully saturated rings. The van der Waals surface area contributed by atoms with Gasteiger partial charge in [-0.05, 0) is 72.5 Å². The minimum absolute atomic E-state index is 0.111. The Hall–Kier alpha value is -0.870. The Kier molecular flexibility index (Phi) is 4.07. The lowest BCUT2D eigenvalue weighted by Crippen LogP contribution is -2.66. The zero-order valence-electron chi connectivity index (χ0n) is 18.7. The Balaban J connectivity index is 1.60. The number of hydrogen-bond donors (Lipinski definition) is 2. The molecule has 0 aromatic carbocycles. The van der Waals surface area contributed by atoms with Gasteiger partial charge in [-0.25, -0.2) is 4.79 Å². The van der Waals surface area contributed by atoms with Crippen LogP contribution in [-0.4, -0.2) is 28.6 Å². The summed E-state index contributed by atoms with van der Waals surface area (Å²) < 4.78 is 5.21. The van der Waals surface area contributed by atoms with Crippen molar-refractivity contribution >= 4 is 5.97 Å². The van der Waals surface area contributed by atoms with E-state index in [4.69, 9.17) is 4.74 Å². The van der Waals surface area contributed by atoms with Gasteiger partial charge in [-0.15, -0.1) is 0 Å². The van der Waals surface area contributed by atoms with Crippen molar-refractivity contribution in [2.24, 2.45) is 45.3 Å². The minimum Gasteiger partial charge on any atom is -0.432 e. The molecular formula is C25H38O4. The van der Waals surface area contributed by atoms with Gasteiger partial charge in [0.1, 0.15) is 0 Å². The van der Waals surface area contributed by atoms with Crippen LogP contribution in [0.5, 0.6) is 0 Å². The van der Waals surface area contributed by atoms with E-state index in [1.807, 2.05) is 6.08 Å². The van der Waals surface area contributed by atoms with Gasteiger partial charge in [0.2, 0.25) is 6.29 Å². The van der Waals surface area contributed by atoms with E-state index in [1.54, 1.807) is 0 Å². The lowest BCUT2D eigenvalue weighted by molar-refractivity contribution is -0.247. The fourth-order valence-electron chi connectivity index (χ4n) is 9.63. The van der Waals surface area contributed by atoms with E-state index in [1.165, 1.54) is 32.1 Å². The Bertz CT molecular complexity index is 771. The molecule has 4 heteroatoms. The molecule has 1 heterocycles. The molecule has 5 rings (SSSR count). The average Bonchev–Trinajstić information content (AvgIpc) is 2.91. The van der Waals surface area contributed by atoms with Crippen molar-refractivity contribution in [2.75, 3.05) is 0 Å². The summed E-state index contributed by atoms with van der Waals surface area (Å²) in [6.07, 6.45) is 8.21. The van der Waals surface area contributed by atoms with Crippen molar-refractivity contribution in [1.29, 1.82) is 0 Å². The molecule has 0 amide bonds. The molecule has 29 heavy (non-hydrogen) atoms. The molecule has 4 unspecified atom stereocenters. The molecule has 162 valence electrons. The molecule has 2 N–H and O–H groups in total. The number of carbonyl (C=O) groups is 1. The summed E-state index contributed by atoms with van der Waals surface area (Å²) in [6.45, 7) is 12.0. The maximum atomic E-state index is 12.3. The summed E-state index contributed by atoms with van der Waals surface area (Å²) in [7, 11) is 0. The van der Waals surface area contributed by atoms with Crippen molar-refractivity contribution in [3.05, 3.63) is 11.6 Å². The zero-order valence-corrected chi connectivity index (χ0v) is 18.7. The Morgan fingerprint density at radius 2 is 1.66 bits per heavy atom. The van der Waals surface area contributed by atoms with Gasteiger partial charge in [0, 0.05) is 11.0 Å². The third-order valence-electron chi connectivity index (χ3n) is 10.9. The number of hydrogen-bond acceptors (Lipinski definition) is 4. The van der Waals surface area contributed by atoms with Crippen LogP contribution in [0.3, 0.4) is 0 Å². The highest BCUT2D eigenvalue weighted by molar-refractivity contribution is 5.91. The van der Waals surface area contributed by atoms with Crippen LogP contribution >= 0.6 is 0 Å². The quantitative estimate of drug-likeness (QED) is 0.588. The standard InChI is InChI=1S/C25H38O4/c1-22(2)10-6-11-23(3)15(22)9-12-24(4)16-8-7-14-19(21(28)29-20(14)27)25(16,5)18(26)13-17(23)24/h7,15-19,21,26,28H,6,8-13H2,1-5H3/t15?,16?,17?,18-,19-,21?,23+,24+,25-/m1/s1. The van der Waals surface area contributed by atoms with Crippen molar-refractivity contribution in [2.45, 2.75) is 92.0 Å². The minimum atomic E-state index is -1.13. The van der Waals surface area contributed by atoms with E-state index in [-0.39, 0.29) is 16.7 Å². The second-order valence-electron chi connectivity index (χ2n) is 12.3. The summed E-state index contributed by atoms with van der Waals surface area (Å²) in [5.74, 6) is 0.632. The largest absolute Gasteiger partial charge is 0.432 e. The molecule has 0 aromatic heterocycles. The molecule has 9 atom stereocenters. The zero-order chi connectivity index (χ0) is 21.0. The smallest absolute Gasteiger partial charge is 0.336 e. The van der Waals surface area contributed by atoms with Gasteiger partial charge in [-0.2, -0.15) is 0 Å². The summed E-state index contributed by atoms with van der Waals surface area (Å²) >= 11 is 0. The molecule has 1 aliphatic heterocycles. The number of cyclic esters (lactones) is 1. The van der Waals surface area contributed by atoms with Crippen LogP contribution in [0.2, 0.25) is 0 Å². The number of allylic oxidation sites excluding steroid dienone is 1. The average molecular weight is 403 g/mol. The second-order valence-corrected chi connectivity index (χ2v) is 12.3. The van der Waals surface area contributed by atoms with Crippen LogP contribution in [-0.2, 0) is 9.53 Å². The normalized spacial score (nSPS) is 55.7. The van der Waals surface area contributed by atoms with Crippen molar-refractivity contribution < 1.29 is 19.7 Å².